The zero-order chi connectivity index (χ0) is 25.1. The van der Waals surface area contributed by atoms with Crippen LogP contribution in [-0.2, 0) is 40.8 Å². The van der Waals surface area contributed by atoms with Crippen LogP contribution in [0, 0.1) is 0 Å². The van der Waals surface area contributed by atoms with Crippen LogP contribution in [0.25, 0.3) is 0 Å². The van der Waals surface area contributed by atoms with Gasteiger partial charge in [0.2, 0.25) is 11.6 Å². The Balaban J connectivity index is 0.00000432. The quantitative estimate of drug-likeness (QED) is 0.0999. The molecule has 1 aliphatic heterocycles. The van der Waals surface area contributed by atoms with E-state index in [4.69, 9.17) is 18.8 Å². The molecule has 14 heteroatoms. The molecule has 0 spiro atoms. The number of benzene rings is 2. The summed E-state index contributed by atoms with van der Waals surface area (Å²) >= 11 is 0. The molecule has 2 aromatic carbocycles. The zero-order valence-electron chi connectivity index (χ0n) is 18.1. The molecule has 2 unspecified atom stereocenters. The standard InChI is InChI=1S/C21H22N2O10S.Na.H/c1-31-16-9-3-13(4-10-16)11-33-19(26)17(14-5-7-15(24)8-6-14)18(25)22-21(32-2)12-23(20(21)27)34(28,29)30;;/h3-10,17,24H,11-12H2,1-2H3,(H,22,25)(H,28,29,30);;. The molecule has 0 saturated carbocycles. The van der Waals surface area contributed by atoms with E-state index in [9.17, 15) is 27.9 Å². The molecular weight excluding hydrogens is 495 g/mol. The summed E-state index contributed by atoms with van der Waals surface area (Å²) in [6, 6.07) is 11.8. The van der Waals surface area contributed by atoms with Gasteiger partial charge in [-0.2, -0.15) is 8.42 Å². The van der Waals surface area contributed by atoms with Gasteiger partial charge in [-0.25, -0.2) is 4.31 Å². The Morgan fingerprint density at radius 1 is 1.11 bits per heavy atom. The predicted octanol–water partition coefficient (Wildman–Crippen LogP) is -0.317. The van der Waals surface area contributed by atoms with E-state index in [0.717, 1.165) is 7.11 Å². The van der Waals surface area contributed by atoms with E-state index in [1.807, 2.05) is 0 Å². The van der Waals surface area contributed by atoms with Gasteiger partial charge in [-0.15, -0.1) is 0 Å². The third-order valence-electron chi connectivity index (χ3n) is 5.15. The van der Waals surface area contributed by atoms with Crippen LogP contribution in [0.4, 0.5) is 0 Å². The average molecular weight is 518 g/mol. The molecule has 2 aromatic rings. The van der Waals surface area contributed by atoms with Crippen LogP contribution in [0.5, 0.6) is 11.5 Å². The summed E-state index contributed by atoms with van der Waals surface area (Å²) in [5, 5.41) is 11.8. The molecule has 0 aliphatic carbocycles. The van der Waals surface area contributed by atoms with Crippen LogP contribution < -0.4 is 10.1 Å². The van der Waals surface area contributed by atoms with Crippen molar-refractivity contribution in [1.29, 1.82) is 0 Å². The van der Waals surface area contributed by atoms with Crippen molar-refractivity contribution in [2.24, 2.45) is 0 Å². The number of hydrogen-bond donors (Lipinski definition) is 3. The topological polar surface area (TPSA) is 169 Å². The molecule has 0 aromatic heterocycles. The monoisotopic (exact) mass is 518 g/mol. The number of amides is 2. The van der Waals surface area contributed by atoms with Gasteiger partial charge in [0.1, 0.15) is 18.1 Å². The summed E-state index contributed by atoms with van der Waals surface area (Å²) in [6.07, 6.45) is 0. The first-order valence-corrected chi connectivity index (χ1v) is 11.2. The second-order valence-corrected chi connectivity index (χ2v) is 8.63. The van der Waals surface area contributed by atoms with Gasteiger partial charge in [0, 0.05) is 7.11 Å². The molecule has 2 atom stereocenters. The Bertz CT molecular complexity index is 1190. The van der Waals surface area contributed by atoms with Crippen molar-refractivity contribution < 1.29 is 46.7 Å². The van der Waals surface area contributed by atoms with Crippen molar-refractivity contribution in [3.05, 3.63) is 59.7 Å². The van der Waals surface area contributed by atoms with Gasteiger partial charge in [-0.3, -0.25) is 18.9 Å². The van der Waals surface area contributed by atoms with Gasteiger partial charge < -0.3 is 24.6 Å². The molecule has 0 radical (unpaired) electrons. The average Bonchev–Trinajstić information content (AvgIpc) is 2.80. The Morgan fingerprint density at radius 2 is 1.71 bits per heavy atom. The normalized spacial score (nSPS) is 18.0. The number of nitrogens with one attached hydrogen (secondary N) is 1. The molecule has 0 bridgehead atoms. The first-order valence-electron chi connectivity index (χ1n) is 9.76. The SMILES string of the molecule is COc1ccc(COC(=O)C(C(=O)NC2(OC)CN(S(=O)(=O)O)C2=O)c2ccc(O)cc2)cc1.[NaH]. The fraction of sp³-hybridized carbons (Fsp3) is 0.286. The number of aromatic hydroxyl groups is 1. The van der Waals surface area contributed by atoms with E-state index >= 15 is 0 Å². The molecule has 1 saturated heterocycles. The van der Waals surface area contributed by atoms with Crippen molar-refractivity contribution in [3.63, 3.8) is 0 Å². The number of carbonyl (C=O) groups is 3. The number of nitrogens with zero attached hydrogens (tertiary/aromatic N) is 1. The summed E-state index contributed by atoms with van der Waals surface area (Å²) < 4.78 is 47.1. The molecule has 3 rings (SSSR count). The number of rotatable bonds is 9. The summed E-state index contributed by atoms with van der Waals surface area (Å²) in [7, 11) is -2.29. The van der Waals surface area contributed by atoms with Gasteiger partial charge in [0.25, 0.3) is 5.91 Å². The molecule has 1 aliphatic rings. The van der Waals surface area contributed by atoms with Crippen LogP contribution in [-0.4, -0.2) is 96.2 Å². The third kappa shape index (κ3) is 6.31. The molecule has 2 amide bonds. The molecule has 1 fully saturated rings. The van der Waals surface area contributed by atoms with Gasteiger partial charge in [0.05, 0.1) is 13.7 Å². The number of phenols is 1. The van der Waals surface area contributed by atoms with Gasteiger partial charge in [0.15, 0.2) is 5.92 Å². The summed E-state index contributed by atoms with van der Waals surface area (Å²) in [6.45, 7) is -0.869. The van der Waals surface area contributed by atoms with E-state index in [0.29, 0.717) is 11.3 Å². The van der Waals surface area contributed by atoms with Crippen molar-refractivity contribution in [2.75, 3.05) is 20.8 Å². The van der Waals surface area contributed by atoms with Crippen molar-refractivity contribution in [1.82, 2.24) is 9.62 Å². The van der Waals surface area contributed by atoms with Crippen LogP contribution in [0.3, 0.4) is 0 Å². The van der Waals surface area contributed by atoms with E-state index < -0.39 is 46.3 Å². The summed E-state index contributed by atoms with van der Waals surface area (Å²) in [5.74, 6) is -4.31. The maximum absolute atomic E-state index is 13.1. The minimum atomic E-state index is -4.85. The Morgan fingerprint density at radius 3 is 2.20 bits per heavy atom. The zero-order valence-corrected chi connectivity index (χ0v) is 18.9. The molecular formula is C21H23N2NaO10S. The van der Waals surface area contributed by atoms with Crippen molar-refractivity contribution >= 4 is 57.6 Å². The molecule has 12 nitrogen and oxygen atoms in total. The molecule has 3 N–H and O–H groups in total. The number of phenolic OH excluding ortho intramolecular Hbond substituents is 1. The number of esters is 1. The fourth-order valence-electron chi connectivity index (χ4n) is 3.23. The first-order chi connectivity index (χ1) is 16.0. The second-order valence-electron chi connectivity index (χ2n) is 7.29. The van der Waals surface area contributed by atoms with Crippen LogP contribution in [0.2, 0.25) is 0 Å². The number of hydrogen-bond acceptors (Lipinski definition) is 9. The third-order valence-corrected chi connectivity index (χ3v) is 6.01. The van der Waals surface area contributed by atoms with Gasteiger partial charge in [-0.1, -0.05) is 24.3 Å². The predicted molar refractivity (Wildman–Crippen MR) is 122 cm³/mol. The number of methoxy groups -OCH3 is 2. The van der Waals surface area contributed by atoms with Gasteiger partial charge in [-0.05, 0) is 35.4 Å². The van der Waals surface area contributed by atoms with Crippen LogP contribution in [0.15, 0.2) is 48.5 Å². The number of carbonyl (C=O) groups excluding carboxylic acids is 3. The first kappa shape index (κ1) is 28.6. The van der Waals surface area contributed by atoms with E-state index in [1.54, 1.807) is 24.3 Å². The summed E-state index contributed by atoms with van der Waals surface area (Å²) in [5.41, 5.74) is -1.34. The van der Waals surface area contributed by atoms with Gasteiger partial charge >= 0.3 is 45.8 Å². The molecule has 1 heterocycles. The fourth-order valence-corrected chi connectivity index (χ4v) is 3.93. The minimum absolute atomic E-state index is 0. The summed E-state index contributed by atoms with van der Waals surface area (Å²) in [4.78, 5) is 38.3. The van der Waals surface area contributed by atoms with Crippen molar-refractivity contribution in [2.45, 2.75) is 18.2 Å². The maximum atomic E-state index is 13.1. The van der Waals surface area contributed by atoms with Crippen LogP contribution in [0.1, 0.15) is 17.0 Å². The Labute approximate surface area is 223 Å². The van der Waals surface area contributed by atoms with E-state index in [-0.39, 0.29) is 51.8 Å². The Kier molecular flexibility index (Phi) is 9.28. The number of β-lactam (4-membered cyclic amide) rings is 1. The van der Waals surface area contributed by atoms with E-state index in [2.05, 4.69) is 5.32 Å². The van der Waals surface area contributed by atoms with E-state index in [1.165, 1.54) is 31.4 Å². The molecule has 184 valence electrons. The van der Waals surface area contributed by atoms with Crippen molar-refractivity contribution in [3.8, 4) is 11.5 Å². The van der Waals surface area contributed by atoms with Crippen LogP contribution >= 0.6 is 0 Å². The number of ether oxygens (including phenoxy) is 3. The molecule has 35 heavy (non-hydrogen) atoms. The Hall–Kier alpha value is -2.68. The second kappa shape index (κ2) is 11.4.